The van der Waals surface area contributed by atoms with Crippen LogP contribution in [-0.4, -0.2) is 15.7 Å². The summed E-state index contributed by atoms with van der Waals surface area (Å²) in [5.74, 6) is -0.781. The summed E-state index contributed by atoms with van der Waals surface area (Å²) < 4.78 is 39.1. The first-order valence-electron chi connectivity index (χ1n) is 6.44. The minimum absolute atomic E-state index is 0.456. The molecule has 22 heavy (non-hydrogen) atoms. The lowest BCUT2D eigenvalue weighted by molar-refractivity contribution is -0.143. The third-order valence-corrected chi connectivity index (χ3v) is 3.48. The van der Waals surface area contributed by atoms with Gasteiger partial charge >= 0.3 is 6.18 Å². The van der Waals surface area contributed by atoms with Crippen molar-refractivity contribution in [3.05, 3.63) is 46.2 Å². The Bertz CT molecular complexity index is 710. The largest absolute Gasteiger partial charge is 0.434 e. The van der Waals surface area contributed by atoms with E-state index in [1.165, 1.54) is 0 Å². The predicted octanol–water partition coefficient (Wildman–Crippen LogP) is 3.91. The molecule has 8 heteroatoms. The van der Waals surface area contributed by atoms with E-state index in [1.54, 1.807) is 12.1 Å². The zero-order chi connectivity index (χ0) is 16.5. The number of nitrogens with one attached hydrogen (secondary N) is 1. The average Bonchev–Trinajstić information content (AvgIpc) is 2.74. The van der Waals surface area contributed by atoms with E-state index >= 15 is 0 Å². The normalized spacial score (nSPS) is 11.5. The zero-order valence-electron chi connectivity index (χ0n) is 11.8. The lowest BCUT2D eigenvalue weighted by atomic mass is 10.1. The number of benzene rings is 1. The number of rotatable bonds is 3. The fourth-order valence-corrected chi connectivity index (χ4v) is 2.44. The highest BCUT2D eigenvalue weighted by Gasteiger charge is 2.40. The second-order valence-corrected chi connectivity index (χ2v) is 4.98. The first-order valence-corrected chi connectivity index (χ1v) is 6.82. The monoisotopic (exact) mass is 331 g/mol. The fraction of sp³-hybridized carbons (Fsp3) is 0.286. The van der Waals surface area contributed by atoms with Gasteiger partial charge in [-0.1, -0.05) is 36.7 Å². The fourth-order valence-electron chi connectivity index (χ4n) is 2.08. The molecule has 0 spiro atoms. The Morgan fingerprint density at radius 2 is 2.00 bits per heavy atom. The molecule has 0 saturated carbocycles. The lowest BCUT2D eigenvalue weighted by Crippen LogP contribution is -2.14. The summed E-state index contributed by atoms with van der Waals surface area (Å²) in [6.45, 7) is 1.90. The quantitative estimate of drug-likeness (QED) is 0.927. The van der Waals surface area contributed by atoms with Gasteiger partial charge in [-0.25, -0.2) is 0 Å². The zero-order valence-corrected chi connectivity index (χ0v) is 12.6. The van der Waals surface area contributed by atoms with E-state index < -0.39 is 28.5 Å². The minimum Gasteiger partial charge on any atom is -0.320 e. The molecule has 0 unspecified atom stereocenters. The third-order valence-electron chi connectivity index (χ3n) is 3.12. The number of aromatic nitrogens is 2. The van der Waals surface area contributed by atoms with Crippen LogP contribution >= 0.6 is 11.6 Å². The van der Waals surface area contributed by atoms with Gasteiger partial charge < -0.3 is 5.32 Å². The van der Waals surface area contributed by atoms with Gasteiger partial charge in [0.1, 0.15) is 5.02 Å². The molecule has 118 valence electrons. The summed E-state index contributed by atoms with van der Waals surface area (Å²) in [5.41, 5.74) is -0.227. The molecular formula is C14H13ClF3N3O. The minimum atomic E-state index is -4.68. The molecule has 0 aliphatic rings. The summed E-state index contributed by atoms with van der Waals surface area (Å²) in [6.07, 6.45) is -4.01. The predicted molar refractivity (Wildman–Crippen MR) is 77.0 cm³/mol. The molecule has 0 radical (unpaired) electrons. The number of halogens is 4. The smallest absolute Gasteiger partial charge is 0.320 e. The average molecular weight is 332 g/mol. The van der Waals surface area contributed by atoms with E-state index in [9.17, 15) is 18.0 Å². The summed E-state index contributed by atoms with van der Waals surface area (Å²) in [4.78, 5) is 12.2. The van der Waals surface area contributed by atoms with Crippen LogP contribution in [0.2, 0.25) is 5.02 Å². The molecular weight excluding hydrogens is 319 g/mol. The van der Waals surface area contributed by atoms with E-state index in [4.69, 9.17) is 11.6 Å². The Balaban J connectivity index is 2.35. The van der Waals surface area contributed by atoms with Crippen molar-refractivity contribution in [2.45, 2.75) is 19.5 Å². The van der Waals surface area contributed by atoms with Crippen molar-refractivity contribution in [1.29, 1.82) is 0 Å². The molecule has 0 aliphatic carbocycles. The Labute approximate surface area is 129 Å². The van der Waals surface area contributed by atoms with Crippen molar-refractivity contribution in [2.24, 2.45) is 7.05 Å². The Morgan fingerprint density at radius 3 is 2.55 bits per heavy atom. The summed E-state index contributed by atoms with van der Waals surface area (Å²) in [6, 6.07) is 7.01. The molecule has 0 bridgehead atoms. The maximum absolute atomic E-state index is 12.9. The van der Waals surface area contributed by atoms with Crippen molar-refractivity contribution in [3.63, 3.8) is 0 Å². The maximum atomic E-state index is 12.9. The molecule has 2 rings (SSSR count). The number of para-hydroxylation sites is 1. The number of hydrogen-bond acceptors (Lipinski definition) is 2. The highest BCUT2D eigenvalue weighted by Crippen LogP contribution is 2.36. The number of carbonyl (C=O) groups is 1. The molecule has 0 fully saturated rings. The van der Waals surface area contributed by atoms with E-state index in [0.717, 1.165) is 12.6 Å². The molecule has 1 N–H and O–H groups in total. The van der Waals surface area contributed by atoms with Crippen LogP contribution in [0.3, 0.4) is 0 Å². The Kier molecular flexibility index (Phi) is 4.46. The number of anilines is 1. The molecule has 0 saturated heterocycles. The van der Waals surface area contributed by atoms with Gasteiger partial charge in [0, 0.05) is 12.7 Å². The summed E-state index contributed by atoms with van der Waals surface area (Å²) in [7, 11) is 1.09. The number of nitrogens with zero attached hydrogens (tertiary/aromatic N) is 2. The standard InChI is InChI=1S/C14H13ClF3N3O/c1-3-8-6-4-5-7-9(8)19-13(22)11-10(15)12(14(16,17)18)21(2)20-11/h4-7H,3H2,1-2H3,(H,19,22). The molecule has 0 aliphatic heterocycles. The van der Waals surface area contributed by atoms with Gasteiger partial charge in [0.25, 0.3) is 5.91 Å². The number of aryl methyl sites for hydroxylation is 2. The van der Waals surface area contributed by atoms with E-state index in [1.807, 2.05) is 19.1 Å². The summed E-state index contributed by atoms with van der Waals surface area (Å²) >= 11 is 5.68. The molecule has 4 nitrogen and oxygen atoms in total. The Hall–Kier alpha value is -2.02. The first-order chi connectivity index (χ1) is 10.3. The van der Waals surface area contributed by atoms with Crippen molar-refractivity contribution >= 4 is 23.2 Å². The topological polar surface area (TPSA) is 46.9 Å². The van der Waals surface area contributed by atoms with Gasteiger partial charge in [-0.2, -0.15) is 18.3 Å². The van der Waals surface area contributed by atoms with Crippen molar-refractivity contribution in [3.8, 4) is 0 Å². The van der Waals surface area contributed by atoms with Crippen LogP contribution in [0.5, 0.6) is 0 Å². The van der Waals surface area contributed by atoms with Gasteiger partial charge in [-0.05, 0) is 18.1 Å². The van der Waals surface area contributed by atoms with Crippen molar-refractivity contribution < 1.29 is 18.0 Å². The van der Waals surface area contributed by atoms with Gasteiger partial charge in [0.05, 0.1) is 0 Å². The number of amides is 1. The highest BCUT2D eigenvalue weighted by atomic mass is 35.5. The number of hydrogen-bond donors (Lipinski definition) is 1. The first kappa shape index (κ1) is 16.4. The van der Waals surface area contributed by atoms with E-state index in [0.29, 0.717) is 16.8 Å². The van der Waals surface area contributed by atoms with Crippen LogP contribution in [0.4, 0.5) is 18.9 Å². The third kappa shape index (κ3) is 3.09. The number of alkyl halides is 3. The Morgan fingerprint density at radius 1 is 1.36 bits per heavy atom. The van der Waals surface area contributed by atoms with Crippen molar-refractivity contribution in [2.75, 3.05) is 5.32 Å². The molecule has 1 heterocycles. The number of carbonyl (C=O) groups excluding carboxylic acids is 1. The SMILES string of the molecule is CCc1ccccc1NC(=O)c1nn(C)c(C(F)(F)F)c1Cl. The lowest BCUT2D eigenvalue weighted by Gasteiger charge is -2.08. The van der Waals surface area contributed by atoms with Crippen LogP contribution in [-0.2, 0) is 19.6 Å². The highest BCUT2D eigenvalue weighted by molar-refractivity contribution is 6.34. The molecule has 2 aromatic rings. The van der Waals surface area contributed by atoms with Gasteiger partial charge in [0.15, 0.2) is 11.4 Å². The van der Waals surface area contributed by atoms with Crippen LogP contribution in [0.15, 0.2) is 24.3 Å². The molecule has 0 atom stereocenters. The molecule has 1 aromatic carbocycles. The van der Waals surface area contributed by atoms with Gasteiger partial charge in [0.2, 0.25) is 0 Å². The van der Waals surface area contributed by atoms with Gasteiger partial charge in [-0.3, -0.25) is 9.48 Å². The second kappa shape index (κ2) is 6.00. The summed E-state index contributed by atoms with van der Waals surface area (Å²) in [5, 5.41) is 5.42. The second-order valence-electron chi connectivity index (χ2n) is 4.60. The van der Waals surface area contributed by atoms with Crippen LogP contribution in [0.25, 0.3) is 0 Å². The van der Waals surface area contributed by atoms with E-state index in [2.05, 4.69) is 10.4 Å². The molecule has 1 amide bonds. The van der Waals surface area contributed by atoms with Crippen LogP contribution in [0.1, 0.15) is 28.7 Å². The van der Waals surface area contributed by atoms with Crippen molar-refractivity contribution in [1.82, 2.24) is 9.78 Å². The molecule has 1 aromatic heterocycles. The van der Waals surface area contributed by atoms with Gasteiger partial charge in [-0.15, -0.1) is 0 Å². The van der Waals surface area contributed by atoms with Crippen LogP contribution < -0.4 is 5.32 Å². The van der Waals surface area contributed by atoms with Crippen LogP contribution in [0, 0.1) is 0 Å². The maximum Gasteiger partial charge on any atom is 0.434 e. The van der Waals surface area contributed by atoms with E-state index in [-0.39, 0.29) is 0 Å².